The number of ether oxygens (including phenoxy) is 2. The number of amides is 1. The maximum atomic E-state index is 13.3. The van der Waals surface area contributed by atoms with Gasteiger partial charge in [0.2, 0.25) is 0 Å². The van der Waals surface area contributed by atoms with Gasteiger partial charge >= 0.3 is 6.09 Å². The molecule has 200 valence electrons. The highest BCUT2D eigenvalue weighted by atomic mass is 19.1. The molecule has 5 rings (SSSR count). The third-order valence-corrected chi connectivity index (χ3v) is 6.60. The third-order valence-electron chi connectivity index (χ3n) is 6.60. The number of halogens is 1. The molecule has 1 aliphatic rings. The summed E-state index contributed by atoms with van der Waals surface area (Å²) in [5.41, 5.74) is 3.36. The Balaban J connectivity index is 1.35. The van der Waals surface area contributed by atoms with Crippen molar-refractivity contribution in [1.29, 1.82) is 0 Å². The van der Waals surface area contributed by atoms with Crippen LogP contribution in [0.4, 0.5) is 9.18 Å². The molecular formula is C27H32FN7O3. The lowest BCUT2D eigenvalue weighted by Crippen LogP contribution is -2.42. The van der Waals surface area contributed by atoms with Crippen molar-refractivity contribution in [2.24, 2.45) is 0 Å². The number of nitrogens with zero attached hydrogens (tertiary/aromatic N) is 7. The maximum Gasteiger partial charge on any atom is 0.410 e. The summed E-state index contributed by atoms with van der Waals surface area (Å²) in [5, 5.41) is 13.4. The van der Waals surface area contributed by atoms with E-state index >= 15 is 0 Å². The topological polar surface area (TPSA) is 99.7 Å². The molecule has 0 saturated carbocycles. The molecule has 4 aromatic heterocycles. The number of aromatic nitrogens is 6. The Morgan fingerprint density at radius 1 is 1.18 bits per heavy atom. The van der Waals surface area contributed by atoms with Crippen LogP contribution >= 0.6 is 0 Å². The molecular weight excluding hydrogens is 489 g/mol. The first-order valence-electron chi connectivity index (χ1n) is 12.7. The Kier molecular flexibility index (Phi) is 6.77. The molecule has 1 atom stereocenters. The summed E-state index contributed by atoms with van der Waals surface area (Å²) < 4.78 is 28.8. The van der Waals surface area contributed by atoms with E-state index in [0.29, 0.717) is 24.5 Å². The zero-order valence-electron chi connectivity index (χ0n) is 22.3. The average molecular weight is 522 g/mol. The Labute approximate surface area is 220 Å². The number of fused-ring (bicyclic) bond motifs is 1. The first-order valence-corrected chi connectivity index (χ1v) is 12.7. The van der Waals surface area contributed by atoms with Gasteiger partial charge in [0.25, 0.3) is 0 Å². The van der Waals surface area contributed by atoms with Crippen LogP contribution in [0.2, 0.25) is 0 Å². The van der Waals surface area contributed by atoms with Crippen LogP contribution in [0.1, 0.15) is 64.1 Å². The molecule has 0 bridgehead atoms. The number of carbonyl (C=O) groups excluding carboxylic acids is 1. The molecule has 0 aromatic carbocycles. The van der Waals surface area contributed by atoms with Gasteiger partial charge in [0.15, 0.2) is 0 Å². The average Bonchev–Trinajstić information content (AvgIpc) is 3.50. The second-order valence-corrected chi connectivity index (χ2v) is 10.6. The second kappa shape index (κ2) is 10.0. The molecule has 0 aliphatic carbocycles. The number of likely N-dealkylation sites (tertiary alicyclic amines) is 1. The van der Waals surface area contributed by atoms with Gasteiger partial charge in [0.05, 0.1) is 29.8 Å². The van der Waals surface area contributed by atoms with E-state index in [9.17, 15) is 9.18 Å². The van der Waals surface area contributed by atoms with Crippen LogP contribution in [-0.4, -0.2) is 59.3 Å². The number of rotatable bonds is 5. The minimum Gasteiger partial charge on any atom is -0.482 e. The molecule has 1 saturated heterocycles. The monoisotopic (exact) mass is 521 g/mol. The summed E-state index contributed by atoms with van der Waals surface area (Å²) in [6.45, 7) is 10.7. The van der Waals surface area contributed by atoms with E-state index in [1.807, 2.05) is 57.6 Å². The van der Waals surface area contributed by atoms with Gasteiger partial charge in [-0.05, 0) is 71.7 Å². The quantitative estimate of drug-likeness (QED) is 0.358. The molecule has 10 nitrogen and oxygen atoms in total. The van der Waals surface area contributed by atoms with E-state index < -0.39 is 17.5 Å². The molecule has 1 fully saturated rings. The number of pyridine rings is 2. The minimum atomic E-state index is -0.517. The van der Waals surface area contributed by atoms with Gasteiger partial charge in [-0.3, -0.25) is 4.98 Å². The molecule has 5 heterocycles. The summed E-state index contributed by atoms with van der Waals surface area (Å²) in [6.07, 6.45) is 5.62. The Morgan fingerprint density at radius 3 is 2.63 bits per heavy atom. The molecule has 0 unspecified atom stereocenters. The highest BCUT2D eigenvalue weighted by molar-refractivity contribution is 5.70. The molecule has 11 heteroatoms. The van der Waals surface area contributed by atoms with Crippen molar-refractivity contribution in [3.8, 4) is 17.0 Å². The minimum absolute atomic E-state index is 0.128. The second-order valence-electron chi connectivity index (χ2n) is 10.6. The largest absolute Gasteiger partial charge is 0.482 e. The summed E-state index contributed by atoms with van der Waals surface area (Å²) >= 11 is 0. The fourth-order valence-corrected chi connectivity index (χ4v) is 4.67. The fourth-order valence-electron chi connectivity index (χ4n) is 4.67. The Hall–Kier alpha value is -4.02. The molecule has 1 aliphatic heterocycles. The predicted molar refractivity (Wildman–Crippen MR) is 138 cm³/mol. The first-order chi connectivity index (χ1) is 18.1. The lowest BCUT2D eigenvalue weighted by molar-refractivity contribution is 0.0184. The number of hydrogen-bond donors (Lipinski definition) is 0. The van der Waals surface area contributed by atoms with Crippen molar-refractivity contribution in [3.63, 3.8) is 0 Å². The lowest BCUT2D eigenvalue weighted by Gasteiger charge is -2.33. The van der Waals surface area contributed by atoms with Gasteiger partial charge in [-0.25, -0.2) is 18.4 Å². The van der Waals surface area contributed by atoms with Crippen molar-refractivity contribution in [1.82, 2.24) is 34.5 Å². The van der Waals surface area contributed by atoms with Crippen molar-refractivity contribution < 1.29 is 18.7 Å². The van der Waals surface area contributed by atoms with Crippen molar-refractivity contribution in [2.45, 2.75) is 65.2 Å². The van der Waals surface area contributed by atoms with Crippen LogP contribution in [0, 0.1) is 12.7 Å². The van der Waals surface area contributed by atoms with Crippen LogP contribution in [0.3, 0.4) is 0 Å². The smallest absolute Gasteiger partial charge is 0.410 e. The Bertz CT molecular complexity index is 1430. The van der Waals surface area contributed by atoms with Gasteiger partial charge in [-0.1, -0.05) is 5.21 Å². The van der Waals surface area contributed by atoms with Crippen LogP contribution in [-0.2, 0) is 4.74 Å². The van der Waals surface area contributed by atoms with E-state index in [-0.39, 0.29) is 12.1 Å². The molecule has 1 amide bonds. The van der Waals surface area contributed by atoms with E-state index in [2.05, 4.69) is 20.4 Å². The van der Waals surface area contributed by atoms with Gasteiger partial charge in [0.1, 0.15) is 34.5 Å². The van der Waals surface area contributed by atoms with E-state index in [0.717, 1.165) is 35.3 Å². The van der Waals surface area contributed by atoms with E-state index in [4.69, 9.17) is 9.47 Å². The third kappa shape index (κ3) is 5.32. The molecule has 4 aromatic rings. The van der Waals surface area contributed by atoms with Crippen molar-refractivity contribution in [3.05, 3.63) is 60.1 Å². The lowest BCUT2D eigenvalue weighted by atomic mass is 10.0. The summed E-state index contributed by atoms with van der Waals surface area (Å²) in [4.78, 5) is 18.3. The standard InChI is InChI=1S/C27H32FN7O3/c1-17-25(31-32-35(17)21-9-12-33(13-10-21)26(36)38-27(3,4)5)19-14-24(23-8-11-30-34(23)16-19)37-18(2)22-7-6-20(28)15-29-22/h6-8,11,14-16,18,21H,9-10,12-13H2,1-5H3/t18-/m1/s1. The highest BCUT2D eigenvalue weighted by Crippen LogP contribution is 2.33. The summed E-state index contributed by atoms with van der Waals surface area (Å²) in [7, 11) is 0. The zero-order valence-corrected chi connectivity index (χ0v) is 22.3. The van der Waals surface area contributed by atoms with Crippen LogP contribution in [0.15, 0.2) is 42.9 Å². The number of hydrogen-bond acceptors (Lipinski definition) is 7. The fraction of sp³-hybridized carbons (Fsp3) is 0.444. The maximum absolute atomic E-state index is 13.3. The number of carbonyl (C=O) groups is 1. The van der Waals surface area contributed by atoms with Gasteiger partial charge in [0, 0.05) is 24.8 Å². The summed E-state index contributed by atoms with van der Waals surface area (Å²) in [6, 6.07) is 6.90. The normalized spacial score (nSPS) is 15.6. The van der Waals surface area contributed by atoms with Gasteiger partial charge < -0.3 is 14.4 Å². The molecule has 0 spiro atoms. The SMILES string of the molecule is Cc1c(-c2cc(O[C@H](C)c3ccc(F)cn3)c3ccnn3c2)nnn1C1CCN(C(=O)OC(C)(C)C)CC1. The van der Waals surface area contributed by atoms with Crippen LogP contribution < -0.4 is 4.74 Å². The van der Waals surface area contributed by atoms with Crippen LogP contribution in [0.5, 0.6) is 5.75 Å². The zero-order chi connectivity index (χ0) is 27.0. The van der Waals surface area contributed by atoms with Crippen molar-refractivity contribution in [2.75, 3.05) is 13.1 Å². The first kappa shape index (κ1) is 25.6. The molecule has 0 radical (unpaired) electrons. The van der Waals surface area contributed by atoms with Crippen molar-refractivity contribution >= 4 is 11.6 Å². The Morgan fingerprint density at radius 2 is 1.95 bits per heavy atom. The molecule has 0 N–H and O–H groups in total. The predicted octanol–water partition coefficient (Wildman–Crippen LogP) is 5.15. The van der Waals surface area contributed by atoms with E-state index in [1.54, 1.807) is 21.7 Å². The van der Waals surface area contributed by atoms with Gasteiger partial charge in [-0.15, -0.1) is 5.10 Å². The van der Waals surface area contributed by atoms with Gasteiger partial charge in [-0.2, -0.15) is 5.10 Å². The van der Waals surface area contributed by atoms with Crippen LogP contribution in [0.25, 0.3) is 16.8 Å². The highest BCUT2D eigenvalue weighted by Gasteiger charge is 2.29. The number of piperidine rings is 1. The molecule has 38 heavy (non-hydrogen) atoms. The van der Waals surface area contributed by atoms with E-state index in [1.165, 1.54) is 12.3 Å². The summed E-state index contributed by atoms with van der Waals surface area (Å²) in [5.74, 6) is 0.216.